The van der Waals surface area contributed by atoms with Crippen LogP contribution in [-0.4, -0.2) is 28.5 Å². The van der Waals surface area contributed by atoms with Crippen molar-refractivity contribution in [1.29, 1.82) is 0 Å². The Bertz CT molecular complexity index is 4720. The highest BCUT2D eigenvalue weighted by Crippen LogP contribution is 2.48. The van der Waals surface area contributed by atoms with Crippen LogP contribution < -0.4 is 37.1 Å². The predicted molar refractivity (Wildman–Crippen MR) is 344 cm³/mol. The molecular formula is C74H70BN3Si. The summed E-state index contributed by atoms with van der Waals surface area (Å²) in [5.74, 6) is 0. The minimum Gasteiger partial charge on any atom is -0.310 e. The SMILES string of the molecule is CC(C)(C)c1ccc(-n2c3ccccc3c3c4c5ccccc5n5c4c(cc32)B2c3c-5ccc4c3-n3c5c2cc(C(C)(C)C)cc5c2cc(C(C)(C)C)cc(c23)[Si]42c3cc(C(C)(C)C)ccc3-c3ccc(C(C)(C)C)cc32)cc1. The Morgan fingerprint density at radius 1 is 0.342 bits per heavy atom. The summed E-state index contributed by atoms with van der Waals surface area (Å²) in [5.41, 5.74) is 25.7. The average Bonchev–Trinajstić information content (AvgIpc) is 1.81. The molecular weight excluding hydrogens is 970 g/mol. The van der Waals surface area contributed by atoms with Crippen molar-refractivity contribution >= 4 is 117 Å². The van der Waals surface area contributed by atoms with Gasteiger partial charge < -0.3 is 13.7 Å². The summed E-state index contributed by atoms with van der Waals surface area (Å²) in [5, 5.41) is 14.3. The van der Waals surface area contributed by atoms with Crippen molar-refractivity contribution in [2.24, 2.45) is 0 Å². The molecule has 0 N–H and O–H groups in total. The van der Waals surface area contributed by atoms with Crippen LogP contribution >= 0.6 is 0 Å². The summed E-state index contributed by atoms with van der Waals surface area (Å²) in [4.78, 5) is 0. The monoisotopic (exact) mass is 1040 g/mol. The lowest BCUT2D eigenvalue weighted by atomic mass is 9.34. The van der Waals surface area contributed by atoms with Crippen molar-refractivity contribution in [3.63, 3.8) is 0 Å². The third kappa shape index (κ3) is 5.90. The number of hydrogen-bond donors (Lipinski definition) is 0. The molecule has 0 saturated heterocycles. The second-order valence-corrected chi connectivity index (χ2v) is 33.1. The number of hydrogen-bond acceptors (Lipinski definition) is 0. The molecule has 0 saturated carbocycles. The van der Waals surface area contributed by atoms with Crippen molar-refractivity contribution in [1.82, 2.24) is 13.7 Å². The van der Waals surface area contributed by atoms with Crippen molar-refractivity contribution in [2.75, 3.05) is 0 Å². The first-order chi connectivity index (χ1) is 37.4. The van der Waals surface area contributed by atoms with Crippen molar-refractivity contribution in [3.8, 4) is 28.2 Å². The lowest BCUT2D eigenvalue weighted by Crippen LogP contribution is -2.77. The second kappa shape index (κ2) is 14.7. The molecule has 0 aliphatic carbocycles. The molecule has 16 rings (SSSR count). The van der Waals surface area contributed by atoms with Crippen LogP contribution in [0.25, 0.3) is 93.6 Å². The molecule has 0 unspecified atom stereocenters. The Morgan fingerprint density at radius 2 is 0.835 bits per heavy atom. The highest BCUT2D eigenvalue weighted by Gasteiger charge is 2.57. The second-order valence-electron chi connectivity index (χ2n) is 29.4. The Balaban J connectivity index is 1.15. The van der Waals surface area contributed by atoms with Crippen LogP contribution in [0.15, 0.2) is 152 Å². The maximum Gasteiger partial charge on any atom is 0.252 e. The molecule has 7 heterocycles. The van der Waals surface area contributed by atoms with E-state index < -0.39 is 8.07 Å². The zero-order chi connectivity index (χ0) is 54.7. The van der Waals surface area contributed by atoms with Gasteiger partial charge in [0.2, 0.25) is 0 Å². The van der Waals surface area contributed by atoms with Gasteiger partial charge >= 0.3 is 0 Å². The summed E-state index contributed by atoms with van der Waals surface area (Å²) in [6, 6.07) is 61.8. The van der Waals surface area contributed by atoms with E-state index in [4.69, 9.17) is 0 Å². The Labute approximate surface area is 467 Å². The zero-order valence-electron chi connectivity index (χ0n) is 48.9. The molecule has 388 valence electrons. The largest absolute Gasteiger partial charge is 0.310 e. The van der Waals surface area contributed by atoms with Gasteiger partial charge in [0.25, 0.3) is 6.71 Å². The van der Waals surface area contributed by atoms with Crippen molar-refractivity contribution in [3.05, 3.63) is 179 Å². The minimum absolute atomic E-state index is 0.0391. The molecule has 0 radical (unpaired) electrons. The standard InChI is InChI=1S/C74H70BN3Si/c1-70(2,3)41-24-28-46(29-25-41)76-55-22-18-16-20-49(55)63-58(76)40-54-68-64(63)50-21-17-19-23-56(50)77(68)57-32-33-59-69-65(57)75(54)53-36-44(73(10,11)12)34-51-52-35-45(74(13,14)15)39-62(67(52)78(69)66(51)53)79(59)60-37-42(71(4,5)6)26-30-47(60)48-31-27-43(38-61(48)79)72(7,8)9/h16-40H,1-15H3. The molecule has 0 atom stereocenters. The fraction of sp³-hybridized carbons (Fsp3) is 0.270. The van der Waals surface area contributed by atoms with E-state index in [9.17, 15) is 0 Å². The third-order valence-electron chi connectivity index (χ3n) is 19.6. The molecule has 0 fully saturated rings. The van der Waals surface area contributed by atoms with Gasteiger partial charge in [0.15, 0.2) is 8.07 Å². The van der Waals surface area contributed by atoms with Gasteiger partial charge in [-0.3, -0.25) is 0 Å². The van der Waals surface area contributed by atoms with Crippen LogP contribution in [0.2, 0.25) is 0 Å². The van der Waals surface area contributed by atoms with Gasteiger partial charge in [-0.2, -0.15) is 0 Å². The van der Waals surface area contributed by atoms with Gasteiger partial charge in [-0.1, -0.05) is 207 Å². The number of aromatic nitrogens is 3. The smallest absolute Gasteiger partial charge is 0.252 e. The number of fused-ring (bicyclic) bond motifs is 18. The molecule has 0 amide bonds. The van der Waals surface area contributed by atoms with Gasteiger partial charge in [0.1, 0.15) is 0 Å². The number of para-hydroxylation sites is 2. The lowest BCUT2D eigenvalue weighted by Gasteiger charge is -2.43. The van der Waals surface area contributed by atoms with Crippen molar-refractivity contribution < 1.29 is 0 Å². The zero-order valence-corrected chi connectivity index (χ0v) is 49.9. The first-order valence-corrected chi connectivity index (χ1v) is 31.1. The highest BCUT2D eigenvalue weighted by atomic mass is 28.3. The fourth-order valence-electron chi connectivity index (χ4n) is 15.5. The number of nitrogens with zero attached hydrogens (tertiary/aromatic N) is 3. The molecule has 3 nitrogen and oxygen atoms in total. The summed E-state index contributed by atoms with van der Waals surface area (Å²) in [7, 11) is -3.18. The fourth-order valence-corrected chi connectivity index (χ4v) is 21.1. The van der Waals surface area contributed by atoms with Crippen LogP contribution in [0, 0.1) is 0 Å². The topological polar surface area (TPSA) is 14.8 Å². The molecule has 1 spiro atoms. The Hall–Kier alpha value is -7.34. The summed E-state index contributed by atoms with van der Waals surface area (Å²) in [6.07, 6.45) is 0. The van der Waals surface area contributed by atoms with E-state index >= 15 is 0 Å². The quantitative estimate of drug-likeness (QED) is 0.146. The van der Waals surface area contributed by atoms with E-state index in [2.05, 4.69) is 269 Å². The summed E-state index contributed by atoms with van der Waals surface area (Å²) >= 11 is 0. The molecule has 79 heavy (non-hydrogen) atoms. The molecule has 5 heteroatoms. The van der Waals surface area contributed by atoms with Gasteiger partial charge in [-0.15, -0.1) is 0 Å². The van der Waals surface area contributed by atoms with Crippen LogP contribution in [0.1, 0.15) is 132 Å². The van der Waals surface area contributed by atoms with Crippen LogP contribution in [-0.2, 0) is 27.1 Å². The van der Waals surface area contributed by atoms with Gasteiger partial charge in [-0.05, 0) is 152 Å². The number of benzene rings is 9. The molecule has 4 aliphatic rings. The van der Waals surface area contributed by atoms with E-state index in [1.165, 1.54) is 143 Å². The van der Waals surface area contributed by atoms with Crippen LogP contribution in [0.4, 0.5) is 0 Å². The van der Waals surface area contributed by atoms with Gasteiger partial charge in [0.05, 0.1) is 27.6 Å². The van der Waals surface area contributed by atoms with E-state index in [0.717, 1.165) is 0 Å². The van der Waals surface area contributed by atoms with Gasteiger partial charge in [0, 0.05) is 54.9 Å². The highest BCUT2D eigenvalue weighted by molar-refractivity contribution is 7.24. The average molecular weight is 1040 g/mol. The molecule has 3 aromatic heterocycles. The molecule has 12 aromatic rings. The maximum atomic E-state index is 2.84. The van der Waals surface area contributed by atoms with E-state index in [1.54, 1.807) is 15.6 Å². The first-order valence-electron chi connectivity index (χ1n) is 29.1. The normalized spacial score (nSPS) is 15.1. The molecule has 0 bridgehead atoms. The number of rotatable bonds is 1. The van der Waals surface area contributed by atoms with Crippen LogP contribution in [0.5, 0.6) is 0 Å². The predicted octanol–water partition coefficient (Wildman–Crippen LogP) is 14.3. The first kappa shape index (κ1) is 47.6. The Morgan fingerprint density at radius 3 is 1.42 bits per heavy atom. The van der Waals surface area contributed by atoms with Gasteiger partial charge in [-0.25, -0.2) is 0 Å². The summed E-state index contributed by atoms with van der Waals surface area (Å²) < 4.78 is 8.14. The molecule has 4 aliphatic heterocycles. The third-order valence-corrected chi connectivity index (χ3v) is 24.4. The van der Waals surface area contributed by atoms with Crippen LogP contribution in [0.3, 0.4) is 0 Å². The minimum atomic E-state index is -3.18. The van der Waals surface area contributed by atoms with E-state index in [1.807, 2.05) is 0 Å². The molecule has 9 aromatic carbocycles. The van der Waals surface area contributed by atoms with Crippen molar-refractivity contribution in [2.45, 2.75) is 131 Å². The summed E-state index contributed by atoms with van der Waals surface area (Å²) in [6.45, 7) is 35.9. The maximum absolute atomic E-state index is 3.18. The lowest BCUT2D eigenvalue weighted by molar-refractivity contribution is 0.590. The van der Waals surface area contributed by atoms with E-state index in [-0.39, 0.29) is 33.8 Å². The van der Waals surface area contributed by atoms with E-state index in [0.29, 0.717) is 0 Å². The Kier molecular flexibility index (Phi) is 8.87.